The number of hydrogen-bond donors (Lipinski definition) is 1. The molecule has 3 fully saturated rings. The highest BCUT2D eigenvalue weighted by Gasteiger charge is 2.58. The third kappa shape index (κ3) is 4.09. The number of nitriles is 1. The van der Waals surface area contributed by atoms with Gasteiger partial charge in [0.1, 0.15) is 30.3 Å². The third-order valence-corrected chi connectivity index (χ3v) is 9.49. The van der Waals surface area contributed by atoms with Gasteiger partial charge in [-0.05, 0) is 37.9 Å². The number of hydrogen-bond acceptors (Lipinski definition) is 10. The predicted molar refractivity (Wildman–Crippen MR) is 151 cm³/mol. The number of fused-ring (bicyclic) bond motifs is 8. The summed E-state index contributed by atoms with van der Waals surface area (Å²) in [6.45, 7) is 9.03. The summed E-state index contributed by atoms with van der Waals surface area (Å²) in [6.07, 6.45) is 2.88. The zero-order valence-electron chi connectivity index (χ0n) is 24.5. The largest absolute Gasteiger partial charge is 0.493 e. The van der Waals surface area contributed by atoms with Crippen molar-refractivity contribution in [3.8, 4) is 17.6 Å². The van der Waals surface area contributed by atoms with E-state index in [2.05, 4.69) is 42.5 Å². The van der Waals surface area contributed by atoms with E-state index in [-0.39, 0.29) is 55.8 Å². The van der Waals surface area contributed by atoms with Crippen LogP contribution in [0, 0.1) is 24.2 Å². The standard InChI is InChI=1S/C31H40N4O6/c1-7-8-38-28-17(3)29-31(41-15-40-29)25-19(28)11-21-26-24-18(9-16(2)27(37-6)30(24)39-14-36-5)10-20(34(26)4)22(12-32)35(21)23(25)13-33/h7,9,17,20-23,26,29H,1,8,10-11,13-15,33H2,2-6H3/t17?,20-,21?,22-,23-,26-,29?/m0/s1. The second-order valence-corrected chi connectivity index (χ2v) is 11.5. The zero-order valence-corrected chi connectivity index (χ0v) is 24.5. The molecule has 5 aliphatic rings. The van der Waals surface area contributed by atoms with Crippen molar-refractivity contribution in [2.45, 2.75) is 63.0 Å². The molecule has 0 aromatic heterocycles. The van der Waals surface area contributed by atoms with E-state index in [4.69, 9.17) is 34.2 Å². The molecule has 10 nitrogen and oxygen atoms in total. The SMILES string of the molecule is C=CCOC1=C2CC3[C@H]4c5c(cc(C)c(OC)c5OCOC)C[C@@H]([C@H](C#N)N3[C@@H](CN)C2=C2OCOC2C1C)N4C. The van der Waals surface area contributed by atoms with E-state index < -0.39 is 0 Å². The normalized spacial score (nSPS) is 32.3. The first-order chi connectivity index (χ1) is 19.9. The van der Waals surface area contributed by atoms with Crippen molar-refractivity contribution in [2.24, 2.45) is 11.7 Å². The third-order valence-electron chi connectivity index (χ3n) is 9.49. The number of likely N-dealkylation sites (N-methyl/N-ethyl adjacent to an activating group) is 1. The molecule has 0 amide bonds. The van der Waals surface area contributed by atoms with Gasteiger partial charge in [0.15, 0.2) is 25.1 Å². The number of nitrogens with zero attached hydrogens (tertiary/aromatic N) is 3. The number of methoxy groups -OCH3 is 2. The molecular formula is C31H40N4O6. The summed E-state index contributed by atoms with van der Waals surface area (Å²) < 4.78 is 36.0. The Hall–Kier alpha value is -3.07. The Morgan fingerprint density at radius 2 is 2.02 bits per heavy atom. The van der Waals surface area contributed by atoms with Crippen LogP contribution in [-0.4, -0.2) is 88.1 Å². The first kappa shape index (κ1) is 28.1. The summed E-state index contributed by atoms with van der Waals surface area (Å²) in [6, 6.07) is 4.06. The Labute approximate surface area is 241 Å². The zero-order chi connectivity index (χ0) is 29.0. The Morgan fingerprint density at radius 1 is 1.22 bits per heavy atom. The van der Waals surface area contributed by atoms with Gasteiger partial charge >= 0.3 is 0 Å². The molecule has 1 aliphatic carbocycles. The van der Waals surface area contributed by atoms with Gasteiger partial charge < -0.3 is 34.2 Å². The summed E-state index contributed by atoms with van der Waals surface area (Å²) >= 11 is 0. The van der Waals surface area contributed by atoms with Crippen molar-refractivity contribution in [3.63, 3.8) is 0 Å². The molecule has 0 saturated carbocycles. The molecule has 3 unspecified atom stereocenters. The number of piperazine rings is 1. The second kappa shape index (κ2) is 11.0. The minimum atomic E-state index is -0.374. The van der Waals surface area contributed by atoms with Crippen molar-refractivity contribution in [2.75, 3.05) is 48.0 Å². The van der Waals surface area contributed by atoms with E-state index in [1.54, 1.807) is 20.3 Å². The van der Waals surface area contributed by atoms with Crippen LogP contribution in [0.4, 0.5) is 0 Å². The molecule has 7 atom stereocenters. The summed E-state index contributed by atoms with van der Waals surface area (Å²) in [5, 5.41) is 10.7. The Morgan fingerprint density at radius 3 is 2.71 bits per heavy atom. The average Bonchev–Trinajstić information content (AvgIpc) is 3.46. The molecule has 0 spiro atoms. The van der Waals surface area contributed by atoms with E-state index in [0.29, 0.717) is 37.5 Å². The maximum atomic E-state index is 10.7. The van der Waals surface area contributed by atoms with Gasteiger partial charge in [-0.2, -0.15) is 5.26 Å². The average molecular weight is 565 g/mol. The molecule has 4 aliphatic heterocycles. The number of piperidine rings is 1. The number of ether oxygens (including phenoxy) is 6. The van der Waals surface area contributed by atoms with Crippen molar-refractivity contribution in [1.29, 1.82) is 5.26 Å². The van der Waals surface area contributed by atoms with Crippen LogP contribution >= 0.6 is 0 Å². The van der Waals surface area contributed by atoms with Gasteiger partial charge in [0.2, 0.25) is 0 Å². The van der Waals surface area contributed by atoms with Crippen LogP contribution in [0.2, 0.25) is 0 Å². The molecule has 2 N–H and O–H groups in total. The first-order valence-electron chi connectivity index (χ1n) is 14.3. The van der Waals surface area contributed by atoms with Crippen LogP contribution in [0.5, 0.6) is 11.5 Å². The number of aryl methyl sites for hydroxylation is 1. The van der Waals surface area contributed by atoms with Crippen molar-refractivity contribution in [1.82, 2.24) is 9.80 Å². The van der Waals surface area contributed by atoms with Crippen LogP contribution in [0.3, 0.4) is 0 Å². The Kier molecular flexibility index (Phi) is 7.51. The molecule has 1 aromatic rings. The summed E-state index contributed by atoms with van der Waals surface area (Å²) in [5.74, 6) is 3.10. The van der Waals surface area contributed by atoms with Crippen LogP contribution in [0.25, 0.3) is 0 Å². The minimum absolute atomic E-state index is 0.0287. The van der Waals surface area contributed by atoms with Gasteiger partial charge in [-0.3, -0.25) is 9.80 Å². The van der Waals surface area contributed by atoms with Crippen LogP contribution in [0.1, 0.15) is 36.1 Å². The molecule has 2 bridgehead atoms. The van der Waals surface area contributed by atoms with E-state index in [1.807, 2.05) is 6.92 Å². The fraction of sp³-hybridized carbons (Fsp3) is 0.581. The van der Waals surface area contributed by atoms with Gasteiger partial charge in [-0.1, -0.05) is 25.6 Å². The molecule has 41 heavy (non-hydrogen) atoms. The van der Waals surface area contributed by atoms with Crippen molar-refractivity contribution in [3.05, 3.63) is 58.1 Å². The molecule has 6 rings (SSSR count). The quantitative estimate of drug-likeness (QED) is 0.374. The first-order valence-corrected chi connectivity index (χ1v) is 14.3. The van der Waals surface area contributed by atoms with Gasteiger partial charge in [0.25, 0.3) is 0 Å². The highest BCUT2D eigenvalue weighted by atomic mass is 16.7. The maximum absolute atomic E-state index is 10.7. The van der Waals surface area contributed by atoms with Crippen molar-refractivity contribution >= 4 is 0 Å². The number of benzene rings is 1. The molecule has 220 valence electrons. The Balaban J connectivity index is 1.57. The minimum Gasteiger partial charge on any atom is -0.493 e. The van der Waals surface area contributed by atoms with Crippen LogP contribution in [0.15, 0.2) is 41.4 Å². The fourth-order valence-corrected chi connectivity index (χ4v) is 7.97. The predicted octanol–water partition coefficient (Wildman–Crippen LogP) is 2.92. The maximum Gasteiger partial charge on any atom is 0.189 e. The smallest absolute Gasteiger partial charge is 0.189 e. The highest BCUT2D eigenvalue weighted by molar-refractivity contribution is 5.60. The van der Waals surface area contributed by atoms with Crippen LogP contribution in [-0.2, 0) is 25.4 Å². The summed E-state index contributed by atoms with van der Waals surface area (Å²) in [7, 11) is 5.40. The Bertz CT molecular complexity index is 1330. The lowest BCUT2D eigenvalue weighted by molar-refractivity contribution is -0.0663. The van der Waals surface area contributed by atoms with Crippen LogP contribution < -0.4 is 15.2 Å². The number of rotatable bonds is 8. The molecule has 10 heteroatoms. The topological polar surface area (TPSA) is 112 Å². The summed E-state index contributed by atoms with van der Waals surface area (Å²) in [4.78, 5) is 4.70. The van der Waals surface area contributed by atoms with Crippen molar-refractivity contribution < 1.29 is 28.4 Å². The lowest BCUT2D eigenvalue weighted by atomic mass is 9.69. The second-order valence-electron chi connectivity index (χ2n) is 11.5. The highest BCUT2D eigenvalue weighted by Crippen LogP contribution is 2.56. The molecule has 3 saturated heterocycles. The van der Waals surface area contributed by atoms with Gasteiger partial charge in [0.05, 0.1) is 25.3 Å². The van der Waals surface area contributed by atoms with E-state index in [9.17, 15) is 5.26 Å². The van der Waals surface area contributed by atoms with E-state index >= 15 is 0 Å². The molecule has 4 heterocycles. The monoisotopic (exact) mass is 564 g/mol. The molecular weight excluding hydrogens is 524 g/mol. The molecule has 1 aromatic carbocycles. The van der Waals surface area contributed by atoms with E-state index in [0.717, 1.165) is 33.8 Å². The molecule has 0 radical (unpaired) electrons. The van der Waals surface area contributed by atoms with Gasteiger partial charge in [-0.15, -0.1) is 0 Å². The number of nitrogens with two attached hydrogens (primary N) is 1. The summed E-state index contributed by atoms with van der Waals surface area (Å²) in [5.41, 5.74) is 12.0. The van der Waals surface area contributed by atoms with Gasteiger partial charge in [-0.25, -0.2) is 0 Å². The fourth-order valence-electron chi connectivity index (χ4n) is 7.97. The van der Waals surface area contributed by atoms with Gasteiger partial charge in [0, 0.05) is 48.4 Å². The lowest BCUT2D eigenvalue weighted by Gasteiger charge is -2.61. The van der Waals surface area contributed by atoms with E-state index in [1.165, 1.54) is 5.56 Å². The lowest BCUT2D eigenvalue weighted by Crippen LogP contribution is -2.71.